The number of hydrogen-bond donors (Lipinski definition) is 1. The lowest BCUT2D eigenvalue weighted by atomic mass is 10.0. The molecule has 0 radical (unpaired) electrons. The van der Waals surface area contributed by atoms with E-state index in [2.05, 4.69) is 24.1 Å². The maximum atomic E-state index is 12.0. The number of hydrogen-bond acceptors (Lipinski definition) is 2. The van der Waals surface area contributed by atoms with Crippen molar-refractivity contribution in [2.45, 2.75) is 52.6 Å². The molecule has 1 saturated heterocycles. The van der Waals surface area contributed by atoms with Crippen molar-refractivity contribution in [2.75, 3.05) is 13.1 Å². The van der Waals surface area contributed by atoms with Gasteiger partial charge in [0, 0.05) is 30.7 Å². The summed E-state index contributed by atoms with van der Waals surface area (Å²) in [6, 6.07) is 10.4. The van der Waals surface area contributed by atoms with E-state index in [1.54, 1.807) is 0 Å². The fourth-order valence-corrected chi connectivity index (χ4v) is 2.42. The Labute approximate surface area is 123 Å². The van der Waals surface area contributed by atoms with E-state index in [0.717, 1.165) is 31.5 Å². The zero-order valence-electron chi connectivity index (χ0n) is 13.2. The molecule has 1 aromatic carbocycles. The van der Waals surface area contributed by atoms with E-state index >= 15 is 0 Å². The number of likely N-dealkylation sites (tertiary alicyclic amines) is 1. The van der Waals surface area contributed by atoms with Gasteiger partial charge in [-0.3, -0.25) is 4.79 Å². The molecule has 1 heterocycles. The number of benzene rings is 1. The van der Waals surface area contributed by atoms with Crippen molar-refractivity contribution in [1.29, 1.82) is 0 Å². The monoisotopic (exact) mass is 276 g/mol. The summed E-state index contributed by atoms with van der Waals surface area (Å²) in [4.78, 5) is 14.5. The van der Waals surface area contributed by atoms with E-state index in [9.17, 15) is 4.79 Å². The fourth-order valence-electron chi connectivity index (χ4n) is 2.42. The van der Waals surface area contributed by atoms with Crippen LogP contribution in [0.15, 0.2) is 30.3 Å². The summed E-state index contributed by atoms with van der Waals surface area (Å²) in [5.74, 6) is 0.0543. The Morgan fingerprint density at radius 1 is 1.15 bits per heavy atom. The highest BCUT2D eigenvalue weighted by atomic mass is 16.1. The van der Waals surface area contributed by atoms with Crippen LogP contribution in [0, 0.1) is 0 Å². The predicted molar refractivity (Wildman–Crippen MR) is 85.0 cm³/mol. The van der Waals surface area contributed by atoms with Crippen LogP contribution in [0.25, 0.3) is 0 Å². The fraction of sp³-hybridized carbons (Fsp3) is 0.588. The van der Waals surface area contributed by atoms with Gasteiger partial charge in [0.15, 0.2) is 0 Å². The number of nitrogens with one attached hydrogen (secondary N) is 1. The second-order valence-corrected chi connectivity index (χ2v) is 5.24. The quantitative estimate of drug-likeness (QED) is 0.918. The number of carbonyl (C=O) groups excluding carboxylic acids is 1. The molecule has 0 saturated carbocycles. The lowest BCUT2D eigenvalue weighted by Gasteiger charge is -2.34. The van der Waals surface area contributed by atoms with Crippen LogP contribution in [0.4, 0.5) is 0 Å². The van der Waals surface area contributed by atoms with Gasteiger partial charge < -0.3 is 10.2 Å². The summed E-state index contributed by atoms with van der Waals surface area (Å²) in [6.45, 7) is 10.6. The van der Waals surface area contributed by atoms with Gasteiger partial charge in [0.1, 0.15) is 0 Å². The lowest BCUT2D eigenvalue weighted by molar-refractivity contribution is 0.0900. The topological polar surface area (TPSA) is 32.3 Å². The Balaban J connectivity index is 0.000000956. The van der Waals surface area contributed by atoms with Gasteiger partial charge in [-0.2, -0.15) is 0 Å². The average Bonchev–Trinajstić information content (AvgIpc) is 2.50. The molecule has 1 amide bonds. The Hall–Kier alpha value is -1.35. The molecular weight excluding hydrogens is 248 g/mol. The van der Waals surface area contributed by atoms with Crippen LogP contribution >= 0.6 is 0 Å². The highest BCUT2D eigenvalue weighted by Crippen LogP contribution is 2.13. The zero-order chi connectivity index (χ0) is 15.0. The number of piperidine rings is 1. The third-order valence-electron chi connectivity index (χ3n) is 3.63. The number of amides is 1. The van der Waals surface area contributed by atoms with Gasteiger partial charge in [0.25, 0.3) is 5.91 Å². The van der Waals surface area contributed by atoms with Gasteiger partial charge in [-0.25, -0.2) is 0 Å². The van der Waals surface area contributed by atoms with Crippen molar-refractivity contribution in [3.63, 3.8) is 0 Å². The second-order valence-electron chi connectivity index (χ2n) is 5.24. The van der Waals surface area contributed by atoms with Crippen molar-refractivity contribution in [3.8, 4) is 0 Å². The molecule has 2 rings (SSSR count). The molecule has 1 fully saturated rings. The first-order valence-electron chi connectivity index (χ1n) is 7.77. The highest BCUT2D eigenvalue weighted by molar-refractivity contribution is 5.94. The molecule has 0 bridgehead atoms. The zero-order valence-corrected chi connectivity index (χ0v) is 13.2. The van der Waals surface area contributed by atoms with Gasteiger partial charge in [0.2, 0.25) is 0 Å². The summed E-state index contributed by atoms with van der Waals surface area (Å²) in [6.07, 6.45) is 2.10. The van der Waals surface area contributed by atoms with Gasteiger partial charge in [-0.05, 0) is 38.8 Å². The van der Waals surface area contributed by atoms with E-state index in [4.69, 9.17) is 0 Å². The van der Waals surface area contributed by atoms with Crippen LogP contribution in [0.3, 0.4) is 0 Å². The van der Waals surface area contributed by atoms with Crippen LogP contribution in [0.2, 0.25) is 0 Å². The molecule has 0 unspecified atom stereocenters. The molecule has 1 aliphatic rings. The van der Waals surface area contributed by atoms with E-state index < -0.39 is 0 Å². The molecule has 0 atom stereocenters. The molecule has 0 spiro atoms. The Kier molecular flexibility index (Phi) is 7.31. The molecular formula is C17H28N2O. The summed E-state index contributed by atoms with van der Waals surface area (Å²) in [7, 11) is 0. The first-order chi connectivity index (χ1) is 9.66. The third-order valence-corrected chi connectivity index (χ3v) is 3.63. The minimum atomic E-state index is 0.0543. The molecule has 20 heavy (non-hydrogen) atoms. The number of rotatable bonds is 3. The van der Waals surface area contributed by atoms with Crippen molar-refractivity contribution in [3.05, 3.63) is 35.9 Å². The maximum absolute atomic E-state index is 12.0. The van der Waals surface area contributed by atoms with Crippen LogP contribution in [-0.2, 0) is 0 Å². The highest BCUT2D eigenvalue weighted by Gasteiger charge is 2.22. The molecule has 3 nitrogen and oxygen atoms in total. The van der Waals surface area contributed by atoms with Crippen molar-refractivity contribution in [1.82, 2.24) is 10.2 Å². The summed E-state index contributed by atoms with van der Waals surface area (Å²) in [5.41, 5.74) is 0.754. The minimum Gasteiger partial charge on any atom is -0.349 e. The standard InChI is InChI=1S/C15H22N2O.C2H6/c1-12(2)17-10-8-14(9-11-17)16-15(18)13-6-4-3-5-7-13;1-2/h3-7,12,14H,8-11H2,1-2H3,(H,16,18);1-2H3. The van der Waals surface area contributed by atoms with Gasteiger partial charge >= 0.3 is 0 Å². The van der Waals surface area contributed by atoms with Crippen LogP contribution in [0.1, 0.15) is 50.9 Å². The van der Waals surface area contributed by atoms with Crippen LogP contribution in [-0.4, -0.2) is 36.0 Å². The SMILES string of the molecule is CC.CC(C)N1CCC(NC(=O)c2ccccc2)CC1. The van der Waals surface area contributed by atoms with E-state index in [-0.39, 0.29) is 5.91 Å². The van der Waals surface area contributed by atoms with Crippen LogP contribution < -0.4 is 5.32 Å². The molecule has 112 valence electrons. The largest absolute Gasteiger partial charge is 0.349 e. The predicted octanol–water partition coefficient (Wildman–Crippen LogP) is 3.32. The van der Waals surface area contributed by atoms with Gasteiger partial charge in [0.05, 0.1) is 0 Å². The summed E-state index contributed by atoms with van der Waals surface area (Å²) < 4.78 is 0. The van der Waals surface area contributed by atoms with Crippen molar-refractivity contribution in [2.24, 2.45) is 0 Å². The number of nitrogens with zero attached hydrogens (tertiary/aromatic N) is 1. The van der Waals surface area contributed by atoms with E-state index in [0.29, 0.717) is 12.1 Å². The number of carbonyl (C=O) groups is 1. The van der Waals surface area contributed by atoms with Gasteiger partial charge in [-0.15, -0.1) is 0 Å². The summed E-state index contributed by atoms with van der Waals surface area (Å²) >= 11 is 0. The summed E-state index contributed by atoms with van der Waals surface area (Å²) in [5, 5.41) is 3.13. The van der Waals surface area contributed by atoms with Crippen LogP contribution in [0.5, 0.6) is 0 Å². The van der Waals surface area contributed by atoms with Crippen molar-refractivity contribution >= 4 is 5.91 Å². The second kappa shape index (κ2) is 8.75. The molecule has 1 N–H and O–H groups in total. The van der Waals surface area contributed by atoms with E-state index in [1.165, 1.54) is 0 Å². The molecule has 0 aliphatic carbocycles. The van der Waals surface area contributed by atoms with Crippen molar-refractivity contribution < 1.29 is 4.79 Å². The third kappa shape index (κ3) is 4.97. The first kappa shape index (κ1) is 16.7. The molecule has 3 heteroatoms. The molecule has 1 aliphatic heterocycles. The first-order valence-corrected chi connectivity index (χ1v) is 7.77. The Morgan fingerprint density at radius 3 is 2.20 bits per heavy atom. The van der Waals surface area contributed by atoms with E-state index in [1.807, 2.05) is 44.2 Å². The molecule has 1 aromatic rings. The Morgan fingerprint density at radius 2 is 1.70 bits per heavy atom. The lowest BCUT2D eigenvalue weighted by Crippen LogP contribution is -2.46. The Bertz CT molecular complexity index is 381. The minimum absolute atomic E-state index is 0.0543. The van der Waals surface area contributed by atoms with Gasteiger partial charge in [-0.1, -0.05) is 32.0 Å². The smallest absolute Gasteiger partial charge is 0.251 e. The maximum Gasteiger partial charge on any atom is 0.251 e. The average molecular weight is 276 g/mol. The molecule has 0 aromatic heterocycles. The normalized spacial score (nSPS) is 16.4.